The summed E-state index contributed by atoms with van der Waals surface area (Å²) in [6, 6.07) is 12.2. The van der Waals surface area contributed by atoms with Gasteiger partial charge in [-0.2, -0.15) is 0 Å². The van der Waals surface area contributed by atoms with Crippen molar-refractivity contribution in [3.05, 3.63) is 54.0 Å². The van der Waals surface area contributed by atoms with Crippen LogP contribution in [-0.2, 0) is 6.42 Å². The highest BCUT2D eigenvalue weighted by Crippen LogP contribution is 2.20. The highest BCUT2D eigenvalue weighted by molar-refractivity contribution is 5.73. The molecule has 2 heterocycles. The molecule has 0 aliphatic rings. The number of nitrogens with two attached hydrogens (primary N) is 1. The number of aromatic nitrogens is 3. The van der Waals surface area contributed by atoms with Gasteiger partial charge >= 0.3 is 0 Å². The fraction of sp³-hybridized carbons (Fsp3) is 0.200. The molecule has 0 fully saturated rings. The van der Waals surface area contributed by atoms with Gasteiger partial charge in [-0.1, -0.05) is 12.1 Å². The first kappa shape index (κ1) is 11.9. The smallest absolute Gasteiger partial charge is 0.164 e. The number of pyridine rings is 1. The van der Waals surface area contributed by atoms with E-state index in [2.05, 4.69) is 39.7 Å². The van der Waals surface area contributed by atoms with Gasteiger partial charge in [0, 0.05) is 18.3 Å². The summed E-state index contributed by atoms with van der Waals surface area (Å²) in [6.45, 7) is 2.66. The Morgan fingerprint density at radius 2 is 2.11 bits per heavy atom. The van der Waals surface area contributed by atoms with E-state index >= 15 is 0 Å². The third kappa shape index (κ3) is 2.11. The van der Waals surface area contributed by atoms with E-state index in [4.69, 9.17) is 5.73 Å². The maximum atomic E-state index is 5.69. The first-order chi connectivity index (χ1) is 9.29. The molecule has 3 rings (SSSR count). The SMILES string of the molecule is Cc1cccc(-n2c(CCN)nc3cccnc32)c1. The van der Waals surface area contributed by atoms with Crippen LogP contribution >= 0.6 is 0 Å². The normalized spacial score (nSPS) is 11.1. The third-order valence-electron chi connectivity index (χ3n) is 3.11. The van der Waals surface area contributed by atoms with Crippen molar-refractivity contribution in [2.24, 2.45) is 5.73 Å². The Kier molecular flexibility index (Phi) is 3.01. The molecule has 0 radical (unpaired) electrons. The molecular weight excluding hydrogens is 236 g/mol. The molecule has 0 atom stereocenters. The monoisotopic (exact) mass is 252 g/mol. The van der Waals surface area contributed by atoms with Gasteiger partial charge in [-0.25, -0.2) is 9.97 Å². The molecule has 96 valence electrons. The van der Waals surface area contributed by atoms with Crippen molar-refractivity contribution in [3.63, 3.8) is 0 Å². The van der Waals surface area contributed by atoms with Crippen LogP contribution in [0.5, 0.6) is 0 Å². The number of hydrogen-bond acceptors (Lipinski definition) is 3. The van der Waals surface area contributed by atoms with Crippen LogP contribution in [-0.4, -0.2) is 21.1 Å². The molecule has 19 heavy (non-hydrogen) atoms. The van der Waals surface area contributed by atoms with E-state index in [1.54, 1.807) is 6.20 Å². The van der Waals surface area contributed by atoms with Gasteiger partial charge in [-0.05, 0) is 43.3 Å². The Labute approximate surface area is 111 Å². The molecular formula is C15H16N4. The van der Waals surface area contributed by atoms with E-state index in [0.29, 0.717) is 6.54 Å². The van der Waals surface area contributed by atoms with Gasteiger partial charge in [-0.15, -0.1) is 0 Å². The Balaban J connectivity index is 2.28. The van der Waals surface area contributed by atoms with Gasteiger partial charge in [0.05, 0.1) is 0 Å². The number of hydrogen-bond donors (Lipinski definition) is 1. The molecule has 0 aliphatic carbocycles. The average Bonchev–Trinajstić information content (AvgIpc) is 2.77. The van der Waals surface area contributed by atoms with E-state index in [1.807, 2.05) is 18.2 Å². The topological polar surface area (TPSA) is 56.7 Å². The molecule has 0 saturated carbocycles. The predicted molar refractivity (Wildman–Crippen MR) is 76.4 cm³/mol. The fourth-order valence-electron chi connectivity index (χ4n) is 2.29. The predicted octanol–water partition coefficient (Wildman–Crippen LogP) is 2.23. The molecule has 4 heteroatoms. The molecule has 0 saturated heterocycles. The second kappa shape index (κ2) is 4.82. The number of nitrogens with zero attached hydrogens (tertiary/aromatic N) is 3. The van der Waals surface area contributed by atoms with Crippen molar-refractivity contribution in [1.82, 2.24) is 14.5 Å². The van der Waals surface area contributed by atoms with Crippen LogP contribution in [0.25, 0.3) is 16.9 Å². The Morgan fingerprint density at radius 1 is 1.21 bits per heavy atom. The summed E-state index contributed by atoms with van der Waals surface area (Å²) in [5.74, 6) is 0.960. The molecule has 0 unspecified atom stereocenters. The lowest BCUT2D eigenvalue weighted by atomic mass is 10.2. The van der Waals surface area contributed by atoms with E-state index < -0.39 is 0 Å². The zero-order valence-electron chi connectivity index (χ0n) is 10.9. The van der Waals surface area contributed by atoms with Crippen molar-refractivity contribution in [3.8, 4) is 5.69 Å². The molecule has 3 aromatic rings. The molecule has 1 aromatic carbocycles. The van der Waals surface area contributed by atoms with Crippen LogP contribution in [0, 0.1) is 6.92 Å². The van der Waals surface area contributed by atoms with Gasteiger partial charge in [0.15, 0.2) is 5.65 Å². The van der Waals surface area contributed by atoms with E-state index in [-0.39, 0.29) is 0 Å². The van der Waals surface area contributed by atoms with E-state index in [9.17, 15) is 0 Å². The number of benzene rings is 1. The average molecular weight is 252 g/mol. The van der Waals surface area contributed by atoms with Crippen LogP contribution in [0.1, 0.15) is 11.4 Å². The summed E-state index contributed by atoms with van der Waals surface area (Å²) in [5, 5.41) is 0. The second-order valence-electron chi connectivity index (χ2n) is 4.59. The zero-order chi connectivity index (χ0) is 13.2. The summed E-state index contributed by atoms with van der Waals surface area (Å²) < 4.78 is 2.09. The molecule has 2 N–H and O–H groups in total. The van der Waals surface area contributed by atoms with Gasteiger partial charge in [0.25, 0.3) is 0 Å². The standard InChI is InChI=1S/C15H16N4/c1-11-4-2-5-12(10-11)19-14(7-8-16)18-13-6-3-9-17-15(13)19/h2-6,9-10H,7-8,16H2,1H3. The number of aryl methyl sites for hydroxylation is 1. The lowest BCUT2D eigenvalue weighted by Crippen LogP contribution is -2.09. The molecule has 0 spiro atoms. The lowest BCUT2D eigenvalue weighted by Gasteiger charge is -2.08. The van der Waals surface area contributed by atoms with Crippen LogP contribution < -0.4 is 5.73 Å². The van der Waals surface area contributed by atoms with Gasteiger partial charge in [0.1, 0.15) is 11.3 Å². The van der Waals surface area contributed by atoms with Crippen LogP contribution in [0.15, 0.2) is 42.6 Å². The molecule has 0 bridgehead atoms. The second-order valence-corrected chi connectivity index (χ2v) is 4.59. The molecule has 0 amide bonds. The summed E-state index contributed by atoms with van der Waals surface area (Å²) in [5.41, 5.74) is 9.79. The minimum Gasteiger partial charge on any atom is -0.330 e. The Bertz CT molecular complexity index is 715. The first-order valence-corrected chi connectivity index (χ1v) is 6.39. The summed E-state index contributed by atoms with van der Waals surface area (Å²) in [7, 11) is 0. The molecule has 2 aromatic heterocycles. The fourth-order valence-corrected chi connectivity index (χ4v) is 2.29. The van der Waals surface area contributed by atoms with Gasteiger partial charge in [-0.3, -0.25) is 4.57 Å². The lowest BCUT2D eigenvalue weighted by molar-refractivity contribution is 0.844. The minimum absolute atomic E-state index is 0.579. The van der Waals surface area contributed by atoms with Crippen molar-refractivity contribution in [1.29, 1.82) is 0 Å². The third-order valence-corrected chi connectivity index (χ3v) is 3.11. The largest absolute Gasteiger partial charge is 0.330 e. The summed E-state index contributed by atoms with van der Waals surface area (Å²) in [4.78, 5) is 9.08. The summed E-state index contributed by atoms with van der Waals surface area (Å²) in [6.07, 6.45) is 2.53. The first-order valence-electron chi connectivity index (χ1n) is 6.39. The van der Waals surface area contributed by atoms with Crippen molar-refractivity contribution < 1.29 is 0 Å². The van der Waals surface area contributed by atoms with Crippen LogP contribution in [0.4, 0.5) is 0 Å². The number of rotatable bonds is 3. The quantitative estimate of drug-likeness (QED) is 0.777. The highest BCUT2D eigenvalue weighted by atomic mass is 15.1. The number of fused-ring (bicyclic) bond motifs is 1. The van der Waals surface area contributed by atoms with E-state index in [1.165, 1.54) is 5.56 Å². The minimum atomic E-state index is 0.579. The maximum Gasteiger partial charge on any atom is 0.164 e. The van der Waals surface area contributed by atoms with Crippen molar-refractivity contribution >= 4 is 11.2 Å². The maximum absolute atomic E-state index is 5.69. The van der Waals surface area contributed by atoms with Crippen LogP contribution in [0.3, 0.4) is 0 Å². The van der Waals surface area contributed by atoms with Gasteiger partial charge < -0.3 is 5.73 Å². The Hall–Kier alpha value is -2.20. The zero-order valence-corrected chi connectivity index (χ0v) is 10.9. The number of imidazole rings is 1. The summed E-state index contributed by atoms with van der Waals surface area (Å²) >= 11 is 0. The van der Waals surface area contributed by atoms with Gasteiger partial charge in [0.2, 0.25) is 0 Å². The highest BCUT2D eigenvalue weighted by Gasteiger charge is 2.12. The molecule has 0 aliphatic heterocycles. The van der Waals surface area contributed by atoms with E-state index in [0.717, 1.165) is 29.1 Å². The van der Waals surface area contributed by atoms with Crippen molar-refractivity contribution in [2.75, 3.05) is 6.54 Å². The van der Waals surface area contributed by atoms with Crippen LogP contribution in [0.2, 0.25) is 0 Å². The van der Waals surface area contributed by atoms with Crippen molar-refractivity contribution in [2.45, 2.75) is 13.3 Å². The molecule has 4 nitrogen and oxygen atoms in total. The Morgan fingerprint density at radius 3 is 2.89 bits per heavy atom.